The minimum absolute atomic E-state index is 0.228. The molecule has 3 aromatic carbocycles. The van der Waals surface area contributed by atoms with E-state index >= 15 is 0 Å². The van der Waals surface area contributed by atoms with Crippen LogP contribution < -0.4 is 4.74 Å². The Morgan fingerprint density at radius 3 is 2.15 bits per heavy atom. The van der Waals surface area contributed by atoms with Gasteiger partial charge in [0.15, 0.2) is 0 Å². The molecule has 0 aliphatic carbocycles. The van der Waals surface area contributed by atoms with Crippen LogP contribution in [0.3, 0.4) is 0 Å². The average molecular weight is 457 g/mol. The molecule has 2 aliphatic rings. The summed E-state index contributed by atoms with van der Waals surface area (Å²) < 4.78 is 11.9. The zero-order valence-electron chi connectivity index (χ0n) is 19.9. The summed E-state index contributed by atoms with van der Waals surface area (Å²) in [7, 11) is 1.72. The zero-order valence-corrected chi connectivity index (χ0v) is 19.9. The molecular weight excluding hydrogens is 424 g/mol. The number of hydrogen-bond donors (Lipinski definition) is 0. The summed E-state index contributed by atoms with van der Waals surface area (Å²) >= 11 is 0. The third kappa shape index (κ3) is 3.84. The molecule has 2 saturated heterocycles. The molecule has 2 aliphatic heterocycles. The van der Waals surface area contributed by atoms with Crippen molar-refractivity contribution in [3.05, 3.63) is 102 Å². The van der Waals surface area contributed by atoms with Crippen molar-refractivity contribution in [1.29, 1.82) is 0 Å². The summed E-state index contributed by atoms with van der Waals surface area (Å²) in [6.45, 7) is 5.24. The van der Waals surface area contributed by atoms with Crippen molar-refractivity contribution >= 4 is 6.09 Å². The molecule has 1 atom stereocenters. The highest BCUT2D eigenvalue weighted by Crippen LogP contribution is 2.52. The highest BCUT2D eigenvalue weighted by atomic mass is 16.6. The second-order valence-electron chi connectivity index (χ2n) is 9.46. The smallest absolute Gasteiger partial charge is 0.411 e. The molecule has 5 nitrogen and oxygen atoms in total. The molecule has 34 heavy (non-hydrogen) atoms. The van der Waals surface area contributed by atoms with E-state index in [0.29, 0.717) is 6.54 Å². The van der Waals surface area contributed by atoms with E-state index in [1.807, 2.05) is 41.3 Å². The van der Waals surface area contributed by atoms with Crippen LogP contribution in [0.15, 0.2) is 84.9 Å². The molecule has 2 heterocycles. The standard InChI is InChI=1S/C29H32N2O3/c1-28(25-14-7-4-8-15-25)29(34-27(32)31(28)21-23-11-5-3-6-12-23)17-19-30(20-18-29)22-24-13-9-10-16-26(24)33-2/h3-16H,17-22H2,1-2H3. The van der Waals surface area contributed by atoms with E-state index in [2.05, 4.69) is 60.4 Å². The van der Waals surface area contributed by atoms with Gasteiger partial charge in [-0.2, -0.15) is 0 Å². The molecule has 0 bridgehead atoms. The van der Waals surface area contributed by atoms with Crippen LogP contribution in [0.5, 0.6) is 5.75 Å². The minimum Gasteiger partial charge on any atom is -0.496 e. The van der Waals surface area contributed by atoms with Crippen molar-refractivity contribution in [3.63, 3.8) is 0 Å². The molecule has 1 unspecified atom stereocenters. The summed E-state index contributed by atoms with van der Waals surface area (Å²) in [5.74, 6) is 0.915. The topological polar surface area (TPSA) is 42.0 Å². The first-order chi connectivity index (χ1) is 16.6. The average Bonchev–Trinajstić information content (AvgIpc) is 3.09. The quantitative estimate of drug-likeness (QED) is 0.484. The van der Waals surface area contributed by atoms with E-state index in [1.165, 1.54) is 5.56 Å². The number of rotatable bonds is 6. The van der Waals surface area contributed by atoms with Crippen LogP contribution in [0.4, 0.5) is 4.79 Å². The largest absolute Gasteiger partial charge is 0.496 e. The van der Waals surface area contributed by atoms with Gasteiger partial charge in [-0.15, -0.1) is 0 Å². The van der Waals surface area contributed by atoms with Crippen LogP contribution >= 0.6 is 0 Å². The third-order valence-electron chi connectivity index (χ3n) is 7.70. The number of likely N-dealkylation sites (tertiary alicyclic amines) is 1. The Morgan fingerprint density at radius 2 is 1.47 bits per heavy atom. The van der Waals surface area contributed by atoms with Gasteiger partial charge in [-0.1, -0.05) is 78.9 Å². The zero-order chi connectivity index (χ0) is 23.6. The van der Waals surface area contributed by atoms with Gasteiger partial charge in [0.1, 0.15) is 16.9 Å². The summed E-state index contributed by atoms with van der Waals surface area (Å²) in [6.07, 6.45) is 1.34. The van der Waals surface area contributed by atoms with Gasteiger partial charge in [-0.25, -0.2) is 4.79 Å². The van der Waals surface area contributed by atoms with Gasteiger partial charge in [0.2, 0.25) is 0 Å². The maximum absolute atomic E-state index is 13.4. The van der Waals surface area contributed by atoms with E-state index < -0.39 is 11.1 Å². The number of piperidine rings is 1. The fourth-order valence-corrected chi connectivity index (χ4v) is 5.66. The van der Waals surface area contributed by atoms with E-state index in [0.717, 1.165) is 49.4 Å². The van der Waals surface area contributed by atoms with Crippen LogP contribution in [0.25, 0.3) is 0 Å². The molecule has 0 aromatic heterocycles. The second-order valence-corrected chi connectivity index (χ2v) is 9.46. The number of hydrogen-bond acceptors (Lipinski definition) is 4. The Labute approximate surface area is 201 Å². The van der Waals surface area contributed by atoms with E-state index in [-0.39, 0.29) is 6.09 Å². The number of carbonyl (C=O) groups is 1. The summed E-state index contributed by atoms with van der Waals surface area (Å²) in [6, 6.07) is 28.7. The lowest BCUT2D eigenvalue weighted by Gasteiger charge is -2.48. The van der Waals surface area contributed by atoms with Gasteiger partial charge in [-0.3, -0.25) is 9.80 Å². The van der Waals surface area contributed by atoms with E-state index in [1.54, 1.807) is 7.11 Å². The lowest BCUT2D eigenvalue weighted by molar-refractivity contribution is -0.0614. The molecule has 2 fully saturated rings. The van der Waals surface area contributed by atoms with E-state index in [9.17, 15) is 4.79 Å². The minimum atomic E-state index is -0.572. The Morgan fingerprint density at radius 1 is 0.853 bits per heavy atom. The van der Waals surface area contributed by atoms with Crippen molar-refractivity contribution < 1.29 is 14.3 Å². The Kier molecular flexibility index (Phi) is 6.05. The Hall–Kier alpha value is -3.31. The SMILES string of the molecule is COc1ccccc1CN1CCC2(CC1)OC(=O)N(Cc1ccccc1)C2(C)c1ccccc1. The molecule has 0 saturated carbocycles. The maximum Gasteiger partial charge on any atom is 0.411 e. The molecule has 1 amide bonds. The van der Waals surface area contributed by atoms with Gasteiger partial charge < -0.3 is 9.47 Å². The third-order valence-corrected chi connectivity index (χ3v) is 7.70. The van der Waals surface area contributed by atoms with Crippen molar-refractivity contribution in [2.75, 3.05) is 20.2 Å². The van der Waals surface area contributed by atoms with Crippen molar-refractivity contribution in [2.24, 2.45) is 0 Å². The van der Waals surface area contributed by atoms with Crippen LogP contribution in [0.2, 0.25) is 0 Å². The first-order valence-electron chi connectivity index (χ1n) is 12.0. The van der Waals surface area contributed by atoms with Crippen molar-refractivity contribution in [2.45, 2.75) is 44.0 Å². The fraction of sp³-hybridized carbons (Fsp3) is 0.345. The number of methoxy groups -OCH3 is 1. The number of ether oxygens (including phenoxy) is 2. The summed E-state index contributed by atoms with van der Waals surface area (Å²) in [4.78, 5) is 17.7. The Balaban J connectivity index is 1.43. The van der Waals surface area contributed by atoms with Crippen LogP contribution in [-0.4, -0.2) is 41.7 Å². The number of amides is 1. The van der Waals surface area contributed by atoms with Gasteiger partial charge in [0.05, 0.1) is 13.7 Å². The van der Waals surface area contributed by atoms with Gasteiger partial charge in [0, 0.05) is 38.0 Å². The van der Waals surface area contributed by atoms with Gasteiger partial charge in [-0.05, 0) is 24.1 Å². The molecule has 0 radical (unpaired) electrons. The van der Waals surface area contributed by atoms with Gasteiger partial charge >= 0.3 is 6.09 Å². The fourth-order valence-electron chi connectivity index (χ4n) is 5.66. The highest BCUT2D eigenvalue weighted by molar-refractivity contribution is 5.73. The number of carbonyl (C=O) groups excluding carboxylic acids is 1. The summed E-state index contributed by atoms with van der Waals surface area (Å²) in [5, 5.41) is 0. The van der Waals surface area contributed by atoms with Crippen LogP contribution in [0.1, 0.15) is 36.5 Å². The summed E-state index contributed by atoms with van der Waals surface area (Å²) in [5.41, 5.74) is 2.28. The van der Waals surface area contributed by atoms with Crippen molar-refractivity contribution in [1.82, 2.24) is 9.80 Å². The Bertz CT molecular complexity index is 1130. The molecule has 0 N–H and O–H groups in total. The number of benzene rings is 3. The second kappa shape index (κ2) is 9.15. The molecule has 1 spiro atoms. The maximum atomic E-state index is 13.4. The van der Waals surface area contributed by atoms with Crippen molar-refractivity contribution in [3.8, 4) is 5.75 Å². The lowest BCUT2D eigenvalue weighted by atomic mass is 9.70. The predicted octanol–water partition coefficient (Wildman–Crippen LogP) is 5.60. The van der Waals surface area contributed by atoms with Gasteiger partial charge in [0.25, 0.3) is 0 Å². The predicted molar refractivity (Wildman–Crippen MR) is 132 cm³/mol. The van der Waals surface area contributed by atoms with E-state index in [4.69, 9.17) is 9.47 Å². The number of para-hydroxylation sites is 1. The molecular formula is C29H32N2O3. The monoisotopic (exact) mass is 456 g/mol. The first kappa shape index (κ1) is 22.5. The molecule has 176 valence electrons. The normalized spacial score (nSPS) is 22.1. The molecule has 5 heteroatoms. The highest BCUT2D eigenvalue weighted by Gasteiger charge is 2.63. The molecule has 3 aromatic rings. The lowest BCUT2D eigenvalue weighted by Crippen LogP contribution is -2.58. The molecule has 5 rings (SSSR count). The van der Waals surface area contributed by atoms with Crippen LogP contribution in [0, 0.1) is 0 Å². The van der Waals surface area contributed by atoms with Crippen LogP contribution in [-0.2, 0) is 23.4 Å². The number of nitrogens with zero attached hydrogens (tertiary/aromatic N) is 2. The first-order valence-corrected chi connectivity index (χ1v) is 12.0.